The van der Waals surface area contributed by atoms with E-state index in [9.17, 15) is 4.79 Å². The fraction of sp³-hybridized carbons (Fsp3) is 0. The van der Waals surface area contributed by atoms with Gasteiger partial charge in [-0.25, -0.2) is 0 Å². The first kappa shape index (κ1) is 11.0. The standard InChI is InChI=1S/C15H11NOS/c17-15-16(13-9-5-2-6-10-13)14(11-18-15)12-7-3-1-4-8-12/h1-11H. The molecule has 0 bridgehead atoms. The van der Waals surface area contributed by atoms with E-state index < -0.39 is 0 Å². The van der Waals surface area contributed by atoms with Gasteiger partial charge in [-0.05, 0) is 17.7 Å². The first-order chi connectivity index (χ1) is 8.86. The first-order valence-electron chi connectivity index (χ1n) is 5.67. The van der Waals surface area contributed by atoms with Crippen LogP contribution in [0.15, 0.2) is 70.8 Å². The highest BCUT2D eigenvalue weighted by atomic mass is 32.1. The zero-order chi connectivity index (χ0) is 12.4. The van der Waals surface area contributed by atoms with Gasteiger partial charge in [-0.2, -0.15) is 0 Å². The van der Waals surface area contributed by atoms with Gasteiger partial charge in [0.25, 0.3) is 0 Å². The van der Waals surface area contributed by atoms with Crippen LogP contribution in [0, 0.1) is 0 Å². The van der Waals surface area contributed by atoms with Crippen molar-refractivity contribution in [2.45, 2.75) is 0 Å². The summed E-state index contributed by atoms with van der Waals surface area (Å²) >= 11 is 1.23. The summed E-state index contributed by atoms with van der Waals surface area (Å²) in [6.07, 6.45) is 0. The van der Waals surface area contributed by atoms with Gasteiger partial charge in [0.1, 0.15) is 0 Å². The van der Waals surface area contributed by atoms with E-state index in [4.69, 9.17) is 0 Å². The van der Waals surface area contributed by atoms with E-state index in [1.807, 2.05) is 66.0 Å². The van der Waals surface area contributed by atoms with E-state index >= 15 is 0 Å². The normalized spacial score (nSPS) is 10.4. The number of hydrogen-bond acceptors (Lipinski definition) is 2. The number of benzene rings is 2. The van der Waals surface area contributed by atoms with Crippen LogP contribution in [0.25, 0.3) is 16.9 Å². The molecule has 3 heteroatoms. The SMILES string of the molecule is O=c1scc(-c2ccccc2)n1-c1ccccc1. The molecule has 0 amide bonds. The predicted octanol–water partition coefficient (Wildman–Crippen LogP) is 3.57. The van der Waals surface area contributed by atoms with Crippen LogP contribution in [-0.4, -0.2) is 4.57 Å². The summed E-state index contributed by atoms with van der Waals surface area (Å²) < 4.78 is 1.75. The largest absolute Gasteiger partial charge is 0.312 e. The minimum atomic E-state index is 0.0417. The Bertz CT molecular complexity index is 698. The Morgan fingerprint density at radius 1 is 0.833 bits per heavy atom. The second kappa shape index (κ2) is 4.63. The molecule has 0 radical (unpaired) electrons. The van der Waals surface area contributed by atoms with Crippen LogP contribution in [0.5, 0.6) is 0 Å². The molecule has 0 aliphatic rings. The third-order valence-electron chi connectivity index (χ3n) is 2.78. The molecule has 1 heterocycles. The van der Waals surface area contributed by atoms with Crippen LogP contribution in [-0.2, 0) is 0 Å². The second-order valence-electron chi connectivity index (χ2n) is 3.92. The van der Waals surface area contributed by atoms with E-state index in [-0.39, 0.29) is 4.87 Å². The van der Waals surface area contributed by atoms with Gasteiger partial charge in [-0.1, -0.05) is 59.9 Å². The van der Waals surface area contributed by atoms with Crippen LogP contribution < -0.4 is 4.87 Å². The van der Waals surface area contributed by atoms with Gasteiger partial charge < -0.3 is 0 Å². The maximum atomic E-state index is 12.0. The molecule has 0 aliphatic heterocycles. The van der Waals surface area contributed by atoms with Crippen LogP contribution >= 0.6 is 11.3 Å². The summed E-state index contributed by atoms with van der Waals surface area (Å²) in [6, 6.07) is 19.7. The lowest BCUT2D eigenvalue weighted by Gasteiger charge is -2.07. The number of thiazole rings is 1. The molecule has 18 heavy (non-hydrogen) atoms. The van der Waals surface area contributed by atoms with Gasteiger partial charge in [0.2, 0.25) is 0 Å². The van der Waals surface area contributed by atoms with Crippen molar-refractivity contribution >= 4 is 11.3 Å². The lowest BCUT2D eigenvalue weighted by molar-refractivity contribution is 1.05. The zero-order valence-electron chi connectivity index (χ0n) is 9.61. The Labute approximate surface area is 109 Å². The van der Waals surface area contributed by atoms with Gasteiger partial charge in [0.05, 0.1) is 11.4 Å². The van der Waals surface area contributed by atoms with Gasteiger partial charge in [0, 0.05) is 5.38 Å². The molecule has 0 saturated carbocycles. The molecule has 0 fully saturated rings. The molecule has 3 aromatic rings. The molecule has 0 unspecified atom stereocenters. The number of hydrogen-bond donors (Lipinski definition) is 0. The minimum absolute atomic E-state index is 0.0417. The summed E-state index contributed by atoms with van der Waals surface area (Å²) in [5, 5.41) is 1.91. The van der Waals surface area contributed by atoms with Crippen molar-refractivity contribution in [3.8, 4) is 16.9 Å². The Balaban J connectivity index is 2.23. The van der Waals surface area contributed by atoms with Gasteiger partial charge in [0.15, 0.2) is 0 Å². The average Bonchev–Trinajstić information content (AvgIpc) is 2.83. The molecule has 2 aromatic carbocycles. The number of aromatic nitrogens is 1. The molecule has 2 nitrogen and oxygen atoms in total. The van der Waals surface area contributed by atoms with E-state index in [1.54, 1.807) is 4.57 Å². The Morgan fingerprint density at radius 2 is 1.44 bits per heavy atom. The Kier molecular flexibility index (Phi) is 2.82. The number of rotatable bonds is 2. The van der Waals surface area contributed by atoms with Crippen molar-refractivity contribution in [1.29, 1.82) is 0 Å². The van der Waals surface area contributed by atoms with Gasteiger partial charge >= 0.3 is 4.87 Å². The van der Waals surface area contributed by atoms with E-state index in [0.717, 1.165) is 16.9 Å². The van der Waals surface area contributed by atoms with E-state index in [2.05, 4.69) is 0 Å². The van der Waals surface area contributed by atoms with Crippen molar-refractivity contribution in [3.05, 3.63) is 75.7 Å². The highest BCUT2D eigenvalue weighted by Crippen LogP contribution is 2.22. The molecule has 88 valence electrons. The Hall–Kier alpha value is -2.13. The van der Waals surface area contributed by atoms with Crippen LogP contribution in [0.1, 0.15) is 0 Å². The molecule has 0 aliphatic carbocycles. The lowest BCUT2D eigenvalue weighted by atomic mass is 10.1. The molecular formula is C15H11NOS. The molecule has 0 atom stereocenters. The highest BCUT2D eigenvalue weighted by molar-refractivity contribution is 7.07. The van der Waals surface area contributed by atoms with Crippen molar-refractivity contribution in [1.82, 2.24) is 4.57 Å². The molecule has 3 rings (SSSR count). The van der Waals surface area contributed by atoms with Crippen molar-refractivity contribution in [2.75, 3.05) is 0 Å². The van der Waals surface area contributed by atoms with Crippen LogP contribution in [0.4, 0.5) is 0 Å². The molecular weight excluding hydrogens is 242 g/mol. The van der Waals surface area contributed by atoms with Crippen molar-refractivity contribution < 1.29 is 0 Å². The molecule has 0 saturated heterocycles. The summed E-state index contributed by atoms with van der Waals surface area (Å²) in [5.41, 5.74) is 2.90. The summed E-state index contributed by atoms with van der Waals surface area (Å²) in [6.45, 7) is 0. The molecule has 1 aromatic heterocycles. The van der Waals surface area contributed by atoms with Gasteiger partial charge in [-0.15, -0.1) is 0 Å². The first-order valence-corrected chi connectivity index (χ1v) is 6.55. The molecule has 0 spiro atoms. The van der Waals surface area contributed by atoms with Crippen molar-refractivity contribution in [2.24, 2.45) is 0 Å². The minimum Gasteiger partial charge on any atom is -0.267 e. The number of nitrogens with zero attached hydrogens (tertiary/aromatic N) is 1. The van der Waals surface area contributed by atoms with Crippen molar-refractivity contribution in [3.63, 3.8) is 0 Å². The quantitative estimate of drug-likeness (QED) is 0.684. The molecule has 0 N–H and O–H groups in total. The maximum Gasteiger partial charge on any atom is 0.312 e. The third kappa shape index (κ3) is 1.89. The maximum absolute atomic E-state index is 12.0. The highest BCUT2D eigenvalue weighted by Gasteiger charge is 2.09. The third-order valence-corrected chi connectivity index (χ3v) is 3.50. The monoisotopic (exact) mass is 253 g/mol. The number of para-hydroxylation sites is 1. The Morgan fingerprint density at radius 3 is 2.11 bits per heavy atom. The lowest BCUT2D eigenvalue weighted by Crippen LogP contribution is -2.11. The fourth-order valence-electron chi connectivity index (χ4n) is 1.94. The van der Waals surface area contributed by atoms with Crippen LogP contribution in [0.2, 0.25) is 0 Å². The summed E-state index contributed by atoms with van der Waals surface area (Å²) in [7, 11) is 0. The van der Waals surface area contributed by atoms with Crippen LogP contribution in [0.3, 0.4) is 0 Å². The second-order valence-corrected chi connectivity index (χ2v) is 4.74. The topological polar surface area (TPSA) is 22.0 Å². The smallest absolute Gasteiger partial charge is 0.267 e. The van der Waals surface area contributed by atoms with E-state index in [1.165, 1.54) is 11.3 Å². The fourth-order valence-corrected chi connectivity index (χ4v) is 2.70. The van der Waals surface area contributed by atoms with E-state index in [0.29, 0.717) is 0 Å². The zero-order valence-corrected chi connectivity index (χ0v) is 10.4. The van der Waals surface area contributed by atoms with Gasteiger partial charge in [-0.3, -0.25) is 9.36 Å². The average molecular weight is 253 g/mol. The summed E-state index contributed by atoms with van der Waals surface area (Å²) in [4.78, 5) is 12.0. The summed E-state index contributed by atoms with van der Waals surface area (Å²) in [5.74, 6) is 0. The predicted molar refractivity (Wildman–Crippen MR) is 75.4 cm³/mol.